The van der Waals surface area contributed by atoms with Crippen LogP contribution in [0.15, 0.2) is 0 Å². The van der Waals surface area contributed by atoms with Crippen LogP contribution in [0.1, 0.15) is 12.8 Å². The highest BCUT2D eigenvalue weighted by atomic mass is 16.7. The van der Waals surface area contributed by atoms with Crippen LogP contribution in [0, 0.1) is 0 Å². The van der Waals surface area contributed by atoms with Crippen LogP contribution < -0.4 is 38.9 Å². The van der Waals surface area contributed by atoms with Crippen molar-refractivity contribution in [1.29, 1.82) is 0 Å². The number of carbonyl (C=O) groups is 3. The molecule has 0 spiro atoms. The van der Waals surface area contributed by atoms with E-state index < -0.39 is 122 Å². The number of rotatable bonds is 14. The van der Waals surface area contributed by atoms with Crippen molar-refractivity contribution in [1.82, 2.24) is 16.0 Å². The number of hydrogen-bond acceptors (Lipinski definition) is 19. The predicted molar refractivity (Wildman–Crippen MR) is 157 cm³/mol. The van der Waals surface area contributed by atoms with Gasteiger partial charge in [0.15, 0.2) is 12.6 Å². The van der Waals surface area contributed by atoms with E-state index in [-0.39, 0.29) is 39.0 Å². The molecule has 3 rings (SSSR count). The number of carbonyl (C=O) groups excluding carboxylic acids is 3. The Balaban J connectivity index is 1.82. The standard InChI is InChI=1S/C26H49N7O15/c27-4-13(36)31-2-1-10(35)24(44)33-9-3-8(29)22(21(43)23(9)48-25-18(40)15(30)16(38)12(7-34)46-25)47-26-20(42)19(41)17(39)11(45-26)6-32-14(37)5-28/h8-12,15-23,25-26,34-35,38-43H,1-7,27-30H2,(H,31,36)(H,32,37)(H,33,44)/t8-,9+,10+,11-,12-,15+,16-,17-,18-,19+,20-,21-,22+,23-,25-,26-/m1/s1. The van der Waals surface area contributed by atoms with E-state index in [1.54, 1.807) is 0 Å². The number of aliphatic hydroxyl groups excluding tert-OH is 8. The van der Waals surface area contributed by atoms with Crippen LogP contribution in [0.4, 0.5) is 0 Å². The molecule has 2 aliphatic heterocycles. The zero-order valence-corrected chi connectivity index (χ0v) is 25.9. The molecule has 0 aromatic heterocycles. The SMILES string of the molecule is NCC(=O)NCC[C@H](O)C(=O)N[C@H]1C[C@@H](N)[C@H](O[C@H]2O[C@H](CNC(=O)CN)[C@@H](O)[C@H](O)[C@H]2O)[C@@H](O)[C@@H]1O[C@H]1O[C@H](CO)[C@@H](O)[C@H](N)[C@H]1O. The van der Waals surface area contributed by atoms with Gasteiger partial charge in [0, 0.05) is 19.1 Å². The van der Waals surface area contributed by atoms with Gasteiger partial charge in [-0.05, 0) is 12.8 Å². The van der Waals surface area contributed by atoms with Crippen LogP contribution in [-0.2, 0) is 33.3 Å². The zero-order valence-electron chi connectivity index (χ0n) is 25.9. The van der Waals surface area contributed by atoms with Gasteiger partial charge in [-0.15, -0.1) is 0 Å². The normalized spacial score (nSPS) is 40.9. The molecule has 0 radical (unpaired) electrons. The number of amides is 3. The molecule has 0 bridgehead atoms. The predicted octanol–water partition coefficient (Wildman–Crippen LogP) is -10.2. The maximum Gasteiger partial charge on any atom is 0.249 e. The van der Waals surface area contributed by atoms with Crippen molar-refractivity contribution in [2.75, 3.05) is 32.8 Å². The summed E-state index contributed by atoms with van der Waals surface area (Å²) in [6.45, 7) is -1.84. The van der Waals surface area contributed by atoms with E-state index in [0.717, 1.165) is 0 Å². The maximum absolute atomic E-state index is 12.9. The van der Waals surface area contributed by atoms with E-state index in [2.05, 4.69) is 16.0 Å². The molecule has 0 unspecified atom stereocenters. The summed E-state index contributed by atoms with van der Waals surface area (Å²) in [6, 6.07) is -3.75. The third kappa shape index (κ3) is 9.72. The Kier molecular flexibility index (Phi) is 15.2. The van der Waals surface area contributed by atoms with Gasteiger partial charge in [-0.2, -0.15) is 0 Å². The lowest BCUT2D eigenvalue weighted by molar-refractivity contribution is -0.333. The van der Waals surface area contributed by atoms with E-state index in [9.17, 15) is 55.2 Å². The van der Waals surface area contributed by atoms with Gasteiger partial charge in [0.1, 0.15) is 67.1 Å². The lowest BCUT2D eigenvalue weighted by atomic mass is 9.83. The molecule has 22 nitrogen and oxygen atoms in total. The molecule has 3 fully saturated rings. The van der Waals surface area contributed by atoms with Gasteiger partial charge < -0.3 is 98.7 Å². The van der Waals surface area contributed by atoms with Crippen molar-refractivity contribution in [3.05, 3.63) is 0 Å². The van der Waals surface area contributed by atoms with Gasteiger partial charge in [-0.25, -0.2) is 0 Å². The van der Waals surface area contributed by atoms with Crippen LogP contribution in [-0.4, -0.2) is 189 Å². The van der Waals surface area contributed by atoms with Gasteiger partial charge in [0.2, 0.25) is 17.7 Å². The average molecular weight is 700 g/mol. The fraction of sp³-hybridized carbons (Fsp3) is 0.885. The summed E-state index contributed by atoms with van der Waals surface area (Å²) in [6.07, 6.45) is -21.6. The minimum Gasteiger partial charge on any atom is -0.394 e. The average Bonchev–Trinajstić information content (AvgIpc) is 3.06. The van der Waals surface area contributed by atoms with Gasteiger partial charge in [-0.1, -0.05) is 0 Å². The molecule has 22 heteroatoms. The second-order valence-corrected chi connectivity index (χ2v) is 11.9. The van der Waals surface area contributed by atoms with E-state index in [0.29, 0.717) is 0 Å². The summed E-state index contributed by atoms with van der Waals surface area (Å²) in [7, 11) is 0. The van der Waals surface area contributed by atoms with Gasteiger partial charge in [0.05, 0.1) is 31.8 Å². The minimum atomic E-state index is -1.87. The molecule has 2 heterocycles. The first kappa shape index (κ1) is 40.2. The van der Waals surface area contributed by atoms with Crippen molar-refractivity contribution in [2.24, 2.45) is 22.9 Å². The Bertz CT molecular complexity index is 1070. The van der Waals surface area contributed by atoms with Crippen molar-refractivity contribution < 1.29 is 74.2 Å². The van der Waals surface area contributed by atoms with Crippen molar-refractivity contribution in [3.8, 4) is 0 Å². The Morgan fingerprint density at radius 3 is 1.98 bits per heavy atom. The first-order valence-electron chi connectivity index (χ1n) is 15.4. The van der Waals surface area contributed by atoms with E-state index in [4.69, 9.17) is 41.9 Å². The fourth-order valence-corrected chi connectivity index (χ4v) is 5.59. The lowest BCUT2D eigenvalue weighted by Gasteiger charge is -2.49. The Morgan fingerprint density at radius 1 is 0.771 bits per heavy atom. The minimum absolute atomic E-state index is 0.0979. The zero-order chi connectivity index (χ0) is 35.9. The molecule has 3 amide bonds. The highest BCUT2D eigenvalue weighted by Gasteiger charge is 2.52. The van der Waals surface area contributed by atoms with Crippen molar-refractivity contribution in [3.63, 3.8) is 0 Å². The van der Waals surface area contributed by atoms with Crippen LogP contribution in [0.3, 0.4) is 0 Å². The third-order valence-corrected chi connectivity index (χ3v) is 8.45. The summed E-state index contributed by atoms with van der Waals surface area (Å²) in [5.74, 6) is -2.07. The summed E-state index contributed by atoms with van der Waals surface area (Å²) >= 11 is 0. The van der Waals surface area contributed by atoms with E-state index >= 15 is 0 Å². The number of nitrogens with one attached hydrogen (secondary N) is 3. The Labute approximate surface area is 274 Å². The molecular weight excluding hydrogens is 650 g/mol. The molecule has 1 saturated carbocycles. The number of hydrogen-bond donors (Lipinski definition) is 15. The second kappa shape index (κ2) is 18.1. The lowest BCUT2D eigenvalue weighted by Crippen LogP contribution is -2.69. The molecule has 19 N–H and O–H groups in total. The molecule has 2 saturated heterocycles. The summed E-state index contributed by atoms with van der Waals surface area (Å²) in [5, 5.41) is 91.2. The molecule has 48 heavy (non-hydrogen) atoms. The molecule has 1 aliphatic carbocycles. The molecule has 0 aromatic rings. The van der Waals surface area contributed by atoms with E-state index in [1.807, 2.05) is 0 Å². The quantitative estimate of drug-likeness (QED) is 0.0800. The van der Waals surface area contributed by atoms with Gasteiger partial charge >= 0.3 is 0 Å². The van der Waals surface area contributed by atoms with Gasteiger partial charge in [-0.3, -0.25) is 14.4 Å². The molecule has 0 aromatic carbocycles. The summed E-state index contributed by atoms with van der Waals surface area (Å²) < 4.78 is 22.8. The van der Waals surface area contributed by atoms with E-state index in [1.165, 1.54) is 0 Å². The van der Waals surface area contributed by atoms with Crippen molar-refractivity contribution in [2.45, 2.75) is 111 Å². The number of ether oxygens (including phenoxy) is 4. The molecule has 16 atom stereocenters. The maximum atomic E-state index is 12.9. The third-order valence-electron chi connectivity index (χ3n) is 8.45. The first-order chi connectivity index (χ1) is 22.6. The van der Waals surface area contributed by atoms with Crippen molar-refractivity contribution >= 4 is 17.7 Å². The topological polar surface area (TPSA) is 390 Å². The molecule has 278 valence electrons. The number of aliphatic hydroxyl groups is 8. The van der Waals surface area contributed by atoms with Gasteiger partial charge in [0.25, 0.3) is 0 Å². The van der Waals surface area contributed by atoms with Crippen LogP contribution in [0.25, 0.3) is 0 Å². The highest BCUT2D eigenvalue weighted by Crippen LogP contribution is 2.32. The van der Waals surface area contributed by atoms with Crippen LogP contribution in [0.2, 0.25) is 0 Å². The molecule has 3 aliphatic rings. The summed E-state index contributed by atoms with van der Waals surface area (Å²) in [5.41, 5.74) is 22.7. The fourth-order valence-electron chi connectivity index (χ4n) is 5.59. The number of nitrogens with two attached hydrogens (primary N) is 4. The van der Waals surface area contributed by atoms with Crippen LogP contribution >= 0.6 is 0 Å². The highest BCUT2D eigenvalue weighted by molar-refractivity contribution is 5.81. The largest absolute Gasteiger partial charge is 0.394 e. The second-order valence-electron chi connectivity index (χ2n) is 11.9. The smallest absolute Gasteiger partial charge is 0.249 e. The molecular formula is C26H49N7O15. The van der Waals surface area contributed by atoms with Crippen LogP contribution in [0.5, 0.6) is 0 Å². The summed E-state index contributed by atoms with van der Waals surface area (Å²) in [4.78, 5) is 35.9. The Hall–Kier alpha value is -2.23. The first-order valence-corrected chi connectivity index (χ1v) is 15.4. The Morgan fingerprint density at radius 2 is 1.35 bits per heavy atom. The monoisotopic (exact) mass is 699 g/mol.